The van der Waals surface area contributed by atoms with Gasteiger partial charge in [0.1, 0.15) is 5.76 Å². The predicted octanol–water partition coefficient (Wildman–Crippen LogP) is 4.05. The first-order valence-electron chi connectivity index (χ1n) is 7.49. The lowest BCUT2D eigenvalue weighted by molar-refractivity contribution is 0.0541. The summed E-state index contributed by atoms with van der Waals surface area (Å²) in [4.78, 5) is 0. The Hall–Kier alpha value is -0.450. The summed E-state index contributed by atoms with van der Waals surface area (Å²) in [5.41, 5.74) is 0. The van der Waals surface area contributed by atoms with E-state index in [4.69, 9.17) is 14.2 Å². The number of hydrogen-bond acceptors (Lipinski definition) is 4. The van der Waals surface area contributed by atoms with Crippen LogP contribution < -0.4 is 0 Å². The van der Waals surface area contributed by atoms with Crippen molar-refractivity contribution in [1.82, 2.24) is 0 Å². The van der Waals surface area contributed by atoms with Crippen molar-refractivity contribution in [1.29, 1.82) is 0 Å². The number of rotatable bonds is 14. The molecular weight excluding hydrogens is 272 g/mol. The smallest absolute Gasteiger partial charge is 0.114 e. The molecule has 118 valence electrons. The van der Waals surface area contributed by atoms with E-state index in [1.165, 1.54) is 0 Å². The summed E-state index contributed by atoms with van der Waals surface area (Å²) in [6.45, 7) is 7.28. The van der Waals surface area contributed by atoms with E-state index in [1.54, 1.807) is 7.11 Å². The Labute approximate surface area is 128 Å². The van der Waals surface area contributed by atoms with Gasteiger partial charge in [-0.05, 0) is 37.2 Å². The highest BCUT2D eigenvalue weighted by molar-refractivity contribution is 7.99. The van der Waals surface area contributed by atoms with Gasteiger partial charge in [0.25, 0.3) is 0 Å². The largest absolute Gasteiger partial charge is 0.497 e. The molecule has 0 rings (SSSR count). The summed E-state index contributed by atoms with van der Waals surface area (Å²) in [5.74, 6) is 3.12. The van der Waals surface area contributed by atoms with Crippen LogP contribution in [0.4, 0.5) is 0 Å². The topological polar surface area (TPSA) is 27.7 Å². The van der Waals surface area contributed by atoms with E-state index >= 15 is 0 Å². The van der Waals surface area contributed by atoms with E-state index in [0.29, 0.717) is 13.2 Å². The van der Waals surface area contributed by atoms with Gasteiger partial charge in [0, 0.05) is 12.4 Å². The van der Waals surface area contributed by atoms with E-state index in [9.17, 15) is 0 Å². The average molecular weight is 302 g/mol. The molecule has 0 amide bonds. The highest BCUT2D eigenvalue weighted by Gasteiger charge is 1.91. The van der Waals surface area contributed by atoms with Crippen molar-refractivity contribution in [3.63, 3.8) is 0 Å². The molecule has 0 radical (unpaired) electrons. The third-order valence-electron chi connectivity index (χ3n) is 2.44. The zero-order valence-corrected chi connectivity index (χ0v) is 14.0. The van der Waals surface area contributed by atoms with E-state index in [0.717, 1.165) is 49.7 Å². The van der Waals surface area contributed by atoms with Crippen LogP contribution in [0.1, 0.15) is 33.1 Å². The highest BCUT2D eigenvalue weighted by atomic mass is 32.2. The van der Waals surface area contributed by atoms with Crippen molar-refractivity contribution in [2.24, 2.45) is 0 Å². The molecule has 0 bridgehead atoms. The monoisotopic (exact) mass is 302 g/mol. The van der Waals surface area contributed by atoms with E-state index in [2.05, 4.69) is 26.0 Å². The fourth-order valence-electron chi connectivity index (χ4n) is 1.46. The van der Waals surface area contributed by atoms with Crippen molar-refractivity contribution in [2.45, 2.75) is 33.1 Å². The Kier molecular flexibility index (Phi) is 16.2. The minimum atomic E-state index is 0.708. The highest BCUT2D eigenvalue weighted by Crippen LogP contribution is 2.05. The summed E-state index contributed by atoms with van der Waals surface area (Å²) in [6.07, 6.45) is 9.43. The molecule has 0 aromatic carbocycles. The van der Waals surface area contributed by atoms with Gasteiger partial charge in [-0.15, -0.1) is 0 Å². The molecule has 0 spiro atoms. The van der Waals surface area contributed by atoms with Crippen molar-refractivity contribution in [3.05, 3.63) is 24.0 Å². The van der Waals surface area contributed by atoms with Crippen LogP contribution in [0, 0.1) is 0 Å². The summed E-state index contributed by atoms with van der Waals surface area (Å²) >= 11 is 1.92. The molecule has 3 nitrogen and oxygen atoms in total. The molecule has 0 aliphatic rings. The van der Waals surface area contributed by atoms with Crippen LogP contribution in [0.3, 0.4) is 0 Å². The molecule has 0 aromatic rings. The van der Waals surface area contributed by atoms with Gasteiger partial charge in [-0.1, -0.05) is 19.9 Å². The van der Waals surface area contributed by atoms with E-state index in [1.807, 2.05) is 17.8 Å². The lowest BCUT2D eigenvalue weighted by atomic mass is 10.3. The first-order chi connectivity index (χ1) is 9.85. The maximum absolute atomic E-state index is 5.48. The Morgan fingerprint density at radius 1 is 1.00 bits per heavy atom. The molecule has 0 unspecified atom stereocenters. The van der Waals surface area contributed by atoms with Gasteiger partial charge in [0.15, 0.2) is 0 Å². The average Bonchev–Trinajstić information content (AvgIpc) is 2.47. The summed E-state index contributed by atoms with van der Waals surface area (Å²) in [7, 11) is 1.71. The van der Waals surface area contributed by atoms with Gasteiger partial charge in [-0.3, -0.25) is 0 Å². The zero-order valence-electron chi connectivity index (χ0n) is 13.2. The second-order valence-corrected chi connectivity index (χ2v) is 5.47. The molecule has 4 heteroatoms. The first kappa shape index (κ1) is 19.6. The zero-order chi connectivity index (χ0) is 14.9. The maximum atomic E-state index is 5.48. The van der Waals surface area contributed by atoms with Gasteiger partial charge in [-0.2, -0.15) is 11.8 Å². The van der Waals surface area contributed by atoms with Crippen LogP contribution in [0.2, 0.25) is 0 Å². The fourth-order valence-corrected chi connectivity index (χ4v) is 2.20. The molecule has 0 saturated carbocycles. The van der Waals surface area contributed by atoms with Crippen LogP contribution in [0.5, 0.6) is 0 Å². The van der Waals surface area contributed by atoms with Crippen LogP contribution in [0.15, 0.2) is 24.0 Å². The van der Waals surface area contributed by atoms with Crippen molar-refractivity contribution < 1.29 is 14.2 Å². The van der Waals surface area contributed by atoms with Crippen LogP contribution in [-0.2, 0) is 14.2 Å². The third kappa shape index (κ3) is 14.0. The van der Waals surface area contributed by atoms with E-state index < -0.39 is 0 Å². The molecule has 0 atom stereocenters. The number of hydrogen-bond donors (Lipinski definition) is 0. The Morgan fingerprint density at radius 2 is 1.75 bits per heavy atom. The molecule has 0 fully saturated rings. The lowest BCUT2D eigenvalue weighted by Gasteiger charge is -2.04. The maximum Gasteiger partial charge on any atom is 0.114 e. The third-order valence-corrected chi connectivity index (χ3v) is 3.42. The van der Waals surface area contributed by atoms with Crippen molar-refractivity contribution in [2.75, 3.05) is 45.0 Å². The molecule has 0 saturated heterocycles. The fraction of sp³-hybridized carbons (Fsp3) is 0.750. The minimum Gasteiger partial charge on any atom is -0.497 e. The normalized spacial score (nSPS) is 12.2. The Balaban J connectivity index is 3.28. The Morgan fingerprint density at radius 3 is 2.40 bits per heavy atom. The number of thioether (sulfide) groups is 1. The van der Waals surface area contributed by atoms with Gasteiger partial charge >= 0.3 is 0 Å². The minimum absolute atomic E-state index is 0.708. The lowest BCUT2D eigenvalue weighted by Crippen LogP contribution is -2.07. The second kappa shape index (κ2) is 16.6. The molecule has 0 N–H and O–H groups in total. The summed E-state index contributed by atoms with van der Waals surface area (Å²) in [5, 5.41) is 0. The molecule has 0 aliphatic heterocycles. The SMILES string of the molecule is CC/C=C(\C=C/CCSCCOCCOCCC)OC. The Bertz CT molecular complexity index is 252. The van der Waals surface area contributed by atoms with Crippen molar-refractivity contribution >= 4 is 11.8 Å². The molecular formula is C16H30O3S. The predicted molar refractivity (Wildman–Crippen MR) is 88.4 cm³/mol. The standard InChI is InChI=1S/C16H30O3S/c1-4-8-16(17-3)9-6-7-14-20-15-13-19-12-11-18-10-5-2/h6,8-9H,4-5,7,10-15H2,1-3H3/b9-6-,16-8+. The number of methoxy groups -OCH3 is 1. The van der Waals surface area contributed by atoms with E-state index in [-0.39, 0.29) is 0 Å². The van der Waals surface area contributed by atoms with Crippen LogP contribution >= 0.6 is 11.8 Å². The van der Waals surface area contributed by atoms with Gasteiger partial charge < -0.3 is 14.2 Å². The molecule has 0 aliphatic carbocycles. The number of ether oxygens (including phenoxy) is 3. The molecule has 0 heterocycles. The first-order valence-corrected chi connectivity index (χ1v) is 8.64. The molecule has 20 heavy (non-hydrogen) atoms. The summed E-state index contributed by atoms with van der Waals surface area (Å²) < 4.78 is 16.0. The summed E-state index contributed by atoms with van der Waals surface area (Å²) in [6, 6.07) is 0. The second-order valence-electron chi connectivity index (χ2n) is 4.25. The molecule has 0 aromatic heterocycles. The quantitative estimate of drug-likeness (QED) is 0.275. The van der Waals surface area contributed by atoms with Gasteiger partial charge in [0.05, 0.1) is 26.9 Å². The van der Waals surface area contributed by atoms with Crippen LogP contribution in [0.25, 0.3) is 0 Å². The van der Waals surface area contributed by atoms with Gasteiger partial charge in [0.2, 0.25) is 0 Å². The van der Waals surface area contributed by atoms with Crippen LogP contribution in [-0.4, -0.2) is 45.0 Å². The number of allylic oxidation sites excluding steroid dienone is 3. The van der Waals surface area contributed by atoms with Gasteiger partial charge in [-0.25, -0.2) is 0 Å². The van der Waals surface area contributed by atoms with Crippen molar-refractivity contribution in [3.8, 4) is 0 Å².